The lowest BCUT2D eigenvalue weighted by Gasteiger charge is -2.22. The van der Waals surface area contributed by atoms with Crippen molar-refractivity contribution in [3.8, 4) is 0 Å². The highest BCUT2D eigenvalue weighted by Crippen LogP contribution is 2.05. The molecule has 0 saturated carbocycles. The number of amides is 2. The summed E-state index contributed by atoms with van der Waals surface area (Å²) >= 11 is 0. The Hall–Kier alpha value is -0.810. The Balaban J connectivity index is 0. The van der Waals surface area contributed by atoms with E-state index in [2.05, 4.69) is 10.6 Å². The molecule has 2 unspecified atom stereocenters. The van der Waals surface area contributed by atoms with Crippen molar-refractivity contribution in [2.75, 3.05) is 6.54 Å². The molecule has 0 aromatic rings. The summed E-state index contributed by atoms with van der Waals surface area (Å²) in [6.45, 7) is 10.2. The lowest BCUT2D eigenvalue weighted by Crippen LogP contribution is -2.50. The summed E-state index contributed by atoms with van der Waals surface area (Å²) in [6.07, 6.45) is 1.17. The monoisotopic (exact) mass is 307 g/mol. The van der Waals surface area contributed by atoms with Crippen molar-refractivity contribution in [2.45, 2.75) is 59.5 Å². The van der Waals surface area contributed by atoms with E-state index in [1.807, 2.05) is 34.6 Å². The molecule has 2 atom stereocenters. The minimum atomic E-state index is -0.473. The van der Waals surface area contributed by atoms with Crippen LogP contribution in [0.1, 0.15) is 47.5 Å². The van der Waals surface area contributed by atoms with Crippen LogP contribution in [0.2, 0.25) is 0 Å². The Bertz CT molecular complexity index is 294. The van der Waals surface area contributed by atoms with Gasteiger partial charge >= 0.3 is 0 Å². The van der Waals surface area contributed by atoms with Gasteiger partial charge in [-0.1, -0.05) is 27.7 Å². The van der Waals surface area contributed by atoms with E-state index in [1.165, 1.54) is 0 Å². The summed E-state index contributed by atoms with van der Waals surface area (Å²) in [5.41, 5.74) is 5.63. The smallest absolute Gasteiger partial charge is 0.242 e. The summed E-state index contributed by atoms with van der Waals surface area (Å²) in [6, 6.07) is -0.410. The maximum atomic E-state index is 12.0. The second-order valence-electron chi connectivity index (χ2n) is 5.94. The van der Waals surface area contributed by atoms with Gasteiger partial charge in [0.05, 0.1) is 0 Å². The van der Waals surface area contributed by atoms with Gasteiger partial charge in [-0.25, -0.2) is 0 Å². The normalized spacial score (nSPS) is 13.6. The fourth-order valence-corrected chi connectivity index (χ4v) is 1.67. The highest BCUT2D eigenvalue weighted by molar-refractivity contribution is 5.87. The molecule has 2 amide bonds. The van der Waals surface area contributed by atoms with E-state index < -0.39 is 6.04 Å². The van der Waals surface area contributed by atoms with Crippen molar-refractivity contribution >= 4 is 24.2 Å². The number of carbonyl (C=O) groups is 2. The average molecular weight is 308 g/mol. The average Bonchev–Trinajstić information content (AvgIpc) is 2.23. The highest BCUT2D eigenvalue weighted by atomic mass is 35.5. The first-order chi connectivity index (χ1) is 8.73. The Kier molecular flexibility index (Phi) is 11.7. The predicted molar refractivity (Wildman–Crippen MR) is 84.7 cm³/mol. The zero-order valence-electron chi connectivity index (χ0n) is 13.2. The Labute approximate surface area is 128 Å². The molecule has 0 spiro atoms. The Morgan fingerprint density at radius 3 is 2.05 bits per heavy atom. The van der Waals surface area contributed by atoms with E-state index >= 15 is 0 Å². The zero-order chi connectivity index (χ0) is 15.0. The van der Waals surface area contributed by atoms with Crippen molar-refractivity contribution in [3.63, 3.8) is 0 Å². The van der Waals surface area contributed by atoms with Gasteiger partial charge in [0.15, 0.2) is 0 Å². The summed E-state index contributed by atoms with van der Waals surface area (Å²) in [5.74, 6) is 0.143. The van der Waals surface area contributed by atoms with Gasteiger partial charge in [0.1, 0.15) is 6.04 Å². The number of nitrogens with two attached hydrogens (primary N) is 1. The maximum Gasteiger partial charge on any atom is 0.242 e. The third kappa shape index (κ3) is 10.0. The number of hydrogen-bond acceptors (Lipinski definition) is 3. The van der Waals surface area contributed by atoms with Crippen LogP contribution in [0, 0.1) is 11.8 Å². The van der Waals surface area contributed by atoms with E-state index in [0.29, 0.717) is 13.0 Å². The molecular weight excluding hydrogens is 278 g/mol. The molecular formula is C14H30ClN3O2. The minimum Gasteiger partial charge on any atom is -0.354 e. The standard InChI is InChI=1S/C14H29N3O2.ClH/c1-9(2)8-12(18)17-13(10(3)4)14(19)16-7-6-11(5)15;/h9-11,13H,6-8,15H2,1-5H3,(H,16,19)(H,17,18);1H. The number of nitrogens with one attached hydrogen (secondary N) is 2. The van der Waals surface area contributed by atoms with Crippen LogP contribution in [0.3, 0.4) is 0 Å². The fourth-order valence-electron chi connectivity index (χ4n) is 1.67. The number of hydrogen-bond donors (Lipinski definition) is 3. The lowest BCUT2D eigenvalue weighted by molar-refractivity contribution is -0.130. The molecule has 5 nitrogen and oxygen atoms in total. The van der Waals surface area contributed by atoms with Crippen molar-refractivity contribution in [2.24, 2.45) is 17.6 Å². The molecule has 0 fully saturated rings. The molecule has 0 aliphatic rings. The molecule has 0 rings (SSSR count). The quantitative estimate of drug-likeness (QED) is 0.634. The minimum absolute atomic E-state index is 0. The molecule has 120 valence electrons. The largest absolute Gasteiger partial charge is 0.354 e. The van der Waals surface area contributed by atoms with Crippen molar-refractivity contribution < 1.29 is 9.59 Å². The summed E-state index contributed by atoms with van der Waals surface area (Å²) in [5, 5.41) is 5.62. The van der Waals surface area contributed by atoms with E-state index in [0.717, 1.165) is 6.42 Å². The fraction of sp³-hybridized carbons (Fsp3) is 0.857. The van der Waals surface area contributed by atoms with Gasteiger partial charge in [0.25, 0.3) is 0 Å². The molecule has 20 heavy (non-hydrogen) atoms. The third-order valence-corrected chi connectivity index (χ3v) is 2.76. The first kappa shape index (κ1) is 21.5. The predicted octanol–water partition coefficient (Wildman–Crippen LogP) is 1.45. The molecule has 6 heteroatoms. The van der Waals surface area contributed by atoms with E-state index in [4.69, 9.17) is 5.73 Å². The molecule has 0 bridgehead atoms. The van der Waals surface area contributed by atoms with Gasteiger partial charge in [-0.2, -0.15) is 0 Å². The molecule has 0 aliphatic heterocycles. The number of carbonyl (C=O) groups excluding carboxylic acids is 2. The van der Waals surface area contributed by atoms with E-state index in [9.17, 15) is 9.59 Å². The van der Waals surface area contributed by atoms with Crippen molar-refractivity contribution in [3.05, 3.63) is 0 Å². The zero-order valence-corrected chi connectivity index (χ0v) is 14.0. The number of rotatable bonds is 8. The van der Waals surface area contributed by atoms with Gasteiger partial charge in [-0.3, -0.25) is 9.59 Å². The first-order valence-electron chi connectivity index (χ1n) is 7.06. The lowest BCUT2D eigenvalue weighted by atomic mass is 10.0. The van der Waals surface area contributed by atoms with Crippen LogP contribution in [0.5, 0.6) is 0 Å². The summed E-state index contributed by atoms with van der Waals surface area (Å²) < 4.78 is 0. The molecule has 0 aromatic carbocycles. The number of halogens is 1. The molecule has 0 aliphatic carbocycles. The van der Waals surface area contributed by atoms with Crippen molar-refractivity contribution in [1.29, 1.82) is 0 Å². The van der Waals surface area contributed by atoms with Crippen LogP contribution in [-0.4, -0.2) is 30.4 Å². The molecule has 0 saturated heterocycles. The second kappa shape index (κ2) is 10.9. The molecule has 0 radical (unpaired) electrons. The molecule has 0 heterocycles. The molecule has 4 N–H and O–H groups in total. The molecule has 0 aromatic heterocycles. The summed E-state index contributed by atoms with van der Waals surface area (Å²) in [4.78, 5) is 23.8. The second-order valence-corrected chi connectivity index (χ2v) is 5.94. The van der Waals surface area contributed by atoms with E-state index in [1.54, 1.807) is 0 Å². The van der Waals surface area contributed by atoms with Crippen LogP contribution in [0.15, 0.2) is 0 Å². The van der Waals surface area contributed by atoms with E-state index in [-0.39, 0.29) is 42.1 Å². The topological polar surface area (TPSA) is 84.2 Å². The van der Waals surface area contributed by atoms with Crippen LogP contribution < -0.4 is 16.4 Å². The summed E-state index contributed by atoms with van der Waals surface area (Å²) in [7, 11) is 0. The highest BCUT2D eigenvalue weighted by Gasteiger charge is 2.23. The van der Waals surface area contributed by atoms with Crippen molar-refractivity contribution in [1.82, 2.24) is 10.6 Å². The van der Waals surface area contributed by atoms with Crippen LogP contribution in [0.4, 0.5) is 0 Å². The van der Waals surface area contributed by atoms with Crippen LogP contribution in [0.25, 0.3) is 0 Å². The van der Waals surface area contributed by atoms with Crippen LogP contribution >= 0.6 is 12.4 Å². The first-order valence-corrected chi connectivity index (χ1v) is 7.06. The van der Waals surface area contributed by atoms with Gasteiger partial charge < -0.3 is 16.4 Å². The van der Waals surface area contributed by atoms with Gasteiger partial charge in [-0.15, -0.1) is 12.4 Å². The maximum absolute atomic E-state index is 12.0. The Morgan fingerprint density at radius 2 is 1.65 bits per heavy atom. The third-order valence-electron chi connectivity index (χ3n) is 2.76. The van der Waals surface area contributed by atoms with Gasteiger partial charge in [0.2, 0.25) is 11.8 Å². The van der Waals surface area contributed by atoms with Gasteiger partial charge in [0, 0.05) is 19.0 Å². The Morgan fingerprint density at radius 1 is 1.10 bits per heavy atom. The van der Waals surface area contributed by atoms with Crippen LogP contribution in [-0.2, 0) is 9.59 Å². The van der Waals surface area contributed by atoms with Gasteiger partial charge in [-0.05, 0) is 25.2 Å². The SMILES string of the molecule is CC(C)CC(=O)NC(C(=O)NCCC(C)N)C(C)C.Cl.